The van der Waals surface area contributed by atoms with Gasteiger partial charge in [-0.15, -0.1) is 0 Å². The van der Waals surface area contributed by atoms with Crippen molar-refractivity contribution in [3.8, 4) is 5.82 Å². The Hall–Kier alpha value is -3.81. The van der Waals surface area contributed by atoms with Crippen molar-refractivity contribution >= 4 is 16.9 Å². The van der Waals surface area contributed by atoms with Crippen LogP contribution in [0, 0.1) is 20.8 Å². The monoisotopic (exact) mass is 416 g/mol. The van der Waals surface area contributed by atoms with Gasteiger partial charge in [-0.2, -0.15) is 5.10 Å². The number of amides is 1. The van der Waals surface area contributed by atoms with Crippen LogP contribution in [0.25, 0.3) is 16.9 Å². The standard InChI is InChI=1S/C23H24N6O2/c1-5-28-20-8-7-18(11-19(20)26-16(4)23(28)31)22(30)25-13-17-6-9-21(24-12-17)29-15(3)10-14(2)27-29/h6-12H,5,13H2,1-4H3,(H,25,30). The van der Waals surface area contributed by atoms with Gasteiger partial charge in [0.2, 0.25) is 0 Å². The first kappa shape index (κ1) is 20.5. The van der Waals surface area contributed by atoms with Crippen LogP contribution in [0.2, 0.25) is 0 Å². The Morgan fingerprint density at radius 2 is 1.90 bits per heavy atom. The molecule has 0 aliphatic carbocycles. The Bertz CT molecular complexity index is 1330. The van der Waals surface area contributed by atoms with Gasteiger partial charge in [-0.3, -0.25) is 9.59 Å². The molecule has 31 heavy (non-hydrogen) atoms. The first-order chi connectivity index (χ1) is 14.9. The summed E-state index contributed by atoms with van der Waals surface area (Å²) in [5, 5.41) is 7.34. The topological polar surface area (TPSA) is 94.7 Å². The van der Waals surface area contributed by atoms with Crippen molar-refractivity contribution in [2.75, 3.05) is 0 Å². The molecule has 1 amide bonds. The Labute approximate surface area is 179 Å². The number of aryl methyl sites for hydroxylation is 4. The van der Waals surface area contributed by atoms with Crippen LogP contribution in [-0.2, 0) is 13.1 Å². The molecule has 0 bridgehead atoms. The molecule has 0 aliphatic heterocycles. The number of benzene rings is 1. The third-order valence-corrected chi connectivity index (χ3v) is 5.18. The van der Waals surface area contributed by atoms with Crippen molar-refractivity contribution < 1.29 is 4.79 Å². The van der Waals surface area contributed by atoms with Gasteiger partial charge in [0.25, 0.3) is 11.5 Å². The van der Waals surface area contributed by atoms with Crippen molar-refractivity contribution in [1.82, 2.24) is 29.6 Å². The highest BCUT2D eigenvalue weighted by Crippen LogP contribution is 2.14. The molecule has 0 unspecified atom stereocenters. The number of carbonyl (C=O) groups is 1. The smallest absolute Gasteiger partial charge is 0.272 e. The number of pyridine rings is 1. The van der Waals surface area contributed by atoms with Crippen LogP contribution in [0.1, 0.15) is 39.9 Å². The van der Waals surface area contributed by atoms with Gasteiger partial charge in [-0.1, -0.05) is 6.07 Å². The molecule has 3 heterocycles. The number of hydrogen-bond acceptors (Lipinski definition) is 5. The van der Waals surface area contributed by atoms with Crippen LogP contribution in [0.15, 0.2) is 47.4 Å². The minimum absolute atomic E-state index is 0.108. The van der Waals surface area contributed by atoms with Gasteiger partial charge in [0.1, 0.15) is 5.69 Å². The van der Waals surface area contributed by atoms with E-state index in [0.29, 0.717) is 29.9 Å². The van der Waals surface area contributed by atoms with Crippen molar-refractivity contribution in [1.29, 1.82) is 0 Å². The fourth-order valence-corrected chi connectivity index (χ4v) is 3.62. The van der Waals surface area contributed by atoms with Crippen molar-refractivity contribution in [2.45, 2.75) is 40.8 Å². The van der Waals surface area contributed by atoms with Gasteiger partial charge in [0, 0.05) is 30.5 Å². The number of hydrogen-bond donors (Lipinski definition) is 1. The second-order valence-electron chi connectivity index (χ2n) is 7.50. The minimum atomic E-state index is -0.210. The highest BCUT2D eigenvalue weighted by molar-refractivity contribution is 5.97. The quantitative estimate of drug-likeness (QED) is 0.540. The van der Waals surface area contributed by atoms with Gasteiger partial charge < -0.3 is 9.88 Å². The Morgan fingerprint density at radius 3 is 2.55 bits per heavy atom. The van der Waals surface area contributed by atoms with Crippen LogP contribution < -0.4 is 10.9 Å². The van der Waals surface area contributed by atoms with E-state index < -0.39 is 0 Å². The van der Waals surface area contributed by atoms with E-state index in [1.165, 1.54) is 0 Å². The van der Waals surface area contributed by atoms with Crippen LogP contribution in [0.3, 0.4) is 0 Å². The molecule has 1 aromatic carbocycles. The second kappa shape index (κ2) is 8.14. The molecule has 4 aromatic rings. The van der Waals surface area contributed by atoms with Crippen LogP contribution in [-0.4, -0.2) is 30.2 Å². The van der Waals surface area contributed by atoms with E-state index in [2.05, 4.69) is 20.4 Å². The number of rotatable bonds is 5. The molecule has 4 rings (SSSR count). The zero-order chi connectivity index (χ0) is 22.1. The number of fused-ring (bicyclic) bond motifs is 1. The highest BCUT2D eigenvalue weighted by atomic mass is 16.1. The summed E-state index contributed by atoms with van der Waals surface area (Å²) in [7, 11) is 0. The van der Waals surface area contributed by atoms with Gasteiger partial charge in [0.05, 0.1) is 16.7 Å². The molecule has 0 aliphatic rings. The maximum atomic E-state index is 12.7. The Balaban J connectivity index is 1.50. The van der Waals surface area contributed by atoms with Crippen LogP contribution in [0.4, 0.5) is 0 Å². The molecule has 0 fully saturated rings. The number of nitrogens with zero attached hydrogens (tertiary/aromatic N) is 5. The van der Waals surface area contributed by atoms with Crippen molar-refractivity contribution in [3.05, 3.63) is 81.2 Å². The Kier molecular flexibility index (Phi) is 5.37. The molecule has 0 saturated carbocycles. The van der Waals surface area contributed by atoms with E-state index in [0.717, 1.165) is 28.3 Å². The fraction of sp³-hybridized carbons (Fsp3) is 0.261. The maximum absolute atomic E-state index is 12.7. The molecule has 0 saturated heterocycles. The normalized spacial score (nSPS) is 11.1. The fourth-order valence-electron chi connectivity index (χ4n) is 3.62. The predicted molar refractivity (Wildman–Crippen MR) is 118 cm³/mol. The summed E-state index contributed by atoms with van der Waals surface area (Å²) >= 11 is 0. The molecule has 1 N–H and O–H groups in total. The summed E-state index contributed by atoms with van der Waals surface area (Å²) in [6.07, 6.45) is 1.73. The van der Waals surface area contributed by atoms with E-state index >= 15 is 0 Å². The van der Waals surface area contributed by atoms with Crippen LogP contribution >= 0.6 is 0 Å². The van der Waals surface area contributed by atoms with E-state index in [1.54, 1.807) is 40.6 Å². The molecule has 8 nitrogen and oxygen atoms in total. The average molecular weight is 416 g/mol. The van der Waals surface area contributed by atoms with Gasteiger partial charge >= 0.3 is 0 Å². The number of aromatic nitrogens is 5. The summed E-state index contributed by atoms with van der Waals surface area (Å²) < 4.78 is 3.45. The maximum Gasteiger partial charge on any atom is 0.272 e. The summed E-state index contributed by atoms with van der Waals surface area (Å²) in [6, 6.07) is 11.0. The molecule has 0 spiro atoms. The highest BCUT2D eigenvalue weighted by Gasteiger charge is 2.11. The van der Waals surface area contributed by atoms with E-state index in [9.17, 15) is 9.59 Å². The largest absolute Gasteiger partial charge is 0.348 e. The summed E-state index contributed by atoms with van der Waals surface area (Å²) in [4.78, 5) is 33.7. The summed E-state index contributed by atoms with van der Waals surface area (Å²) in [5.74, 6) is 0.525. The zero-order valence-electron chi connectivity index (χ0n) is 18.0. The molecular formula is C23H24N6O2. The Morgan fingerprint density at radius 1 is 1.10 bits per heavy atom. The first-order valence-electron chi connectivity index (χ1n) is 10.2. The lowest BCUT2D eigenvalue weighted by Gasteiger charge is -2.11. The van der Waals surface area contributed by atoms with E-state index in [4.69, 9.17) is 0 Å². The molecule has 0 atom stereocenters. The first-order valence-corrected chi connectivity index (χ1v) is 10.2. The average Bonchev–Trinajstić information content (AvgIpc) is 3.11. The molecule has 8 heteroatoms. The third-order valence-electron chi connectivity index (χ3n) is 5.18. The minimum Gasteiger partial charge on any atom is -0.348 e. The van der Waals surface area contributed by atoms with Gasteiger partial charge in [-0.05, 0) is 63.6 Å². The molecule has 0 radical (unpaired) electrons. The molecular weight excluding hydrogens is 392 g/mol. The zero-order valence-corrected chi connectivity index (χ0v) is 18.0. The third kappa shape index (κ3) is 3.96. The lowest BCUT2D eigenvalue weighted by Crippen LogP contribution is -2.25. The lowest BCUT2D eigenvalue weighted by molar-refractivity contribution is 0.0951. The summed E-state index contributed by atoms with van der Waals surface area (Å²) in [5.41, 5.74) is 4.98. The number of carbonyl (C=O) groups excluding carboxylic acids is 1. The molecule has 3 aromatic heterocycles. The number of nitrogens with one attached hydrogen (secondary N) is 1. The van der Waals surface area contributed by atoms with E-state index in [-0.39, 0.29) is 11.5 Å². The van der Waals surface area contributed by atoms with Crippen molar-refractivity contribution in [3.63, 3.8) is 0 Å². The van der Waals surface area contributed by atoms with E-state index in [1.807, 2.05) is 39.0 Å². The van der Waals surface area contributed by atoms with Gasteiger partial charge in [0.15, 0.2) is 5.82 Å². The summed E-state index contributed by atoms with van der Waals surface area (Å²) in [6.45, 7) is 8.42. The predicted octanol–water partition coefficient (Wildman–Crippen LogP) is 2.85. The van der Waals surface area contributed by atoms with Crippen molar-refractivity contribution in [2.24, 2.45) is 0 Å². The lowest BCUT2D eigenvalue weighted by atomic mass is 10.1. The van der Waals surface area contributed by atoms with Gasteiger partial charge in [-0.25, -0.2) is 14.6 Å². The van der Waals surface area contributed by atoms with Crippen LogP contribution in [0.5, 0.6) is 0 Å². The SMILES string of the molecule is CCn1c(=O)c(C)nc2cc(C(=O)NCc3ccc(-n4nc(C)cc4C)nc3)ccc21. The molecule has 158 valence electrons. The second-order valence-corrected chi connectivity index (χ2v) is 7.50.